The fraction of sp³-hybridized carbons (Fsp3) is 0.667. The van der Waals surface area contributed by atoms with E-state index < -0.39 is 8.32 Å². The summed E-state index contributed by atoms with van der Waals surface area (Å²) in [7, 11) is -2.05. The van der Waals surface area contributed by atoms with Gasteiger partial charge in [0.1, 0.15) is 10.7 Å². The smallest absolute Gasteiger partial charge is 0.201 e. The topological polar surface area (TPSA) is 55.2 Å². The Kier molecular flexibility index (Phi) is 9.64. The Balaban J connectivity index is 2.27. The van der Waals surface area contributed by atoms with E-state index in [-0.39, 0.29) is 18.6 Å². The molecule has 4 nitrogen and oxygen atoms in total. The number of hydrogen-bond donors (Lipinski definition) is 1. The molecule has 2 rings (SSSR count). The maximum absolute atomic E-state index is 9.90. The van der Waals surface area contributed by atoms with Crippen LogP contribution in [0, 0.1) is 5.92 Å². The van der Waals surface area contributed by atoms with Crippen molar-refractivity contribution in [3.8, 4) is 10.7 Å². The van der Waals surface area contributed by atoms with E-state index in [1.54, 1.807) is 22.7 Å². The van der Waals surface area contributed by atoms with Gasteiger partial charge in [0.15, 0.2) is 0 Å². The molecule has 0 aliphatic carbocycles. The zero-order valence-corrected chi connectivity index (χ0v) is 23.2. The second-order valence-electron chi connectivity index (χ2n) is 9.72. The van der Waals surface area contributed by atoms with Crippen LogP contribution in [0.2, 0.25) is 16.6 Å². The molecule has 2 atom stereocenters. The lowest BCUT2D eigenvalue weighted by molar-refractivity contribution is 0.114. The summed E-state index contributed by atoms with van der Waals surface area (Å²) >= 11 is 3.32. The van der Waals surface area contributed by atoms with E-state index in [1.165, 1.54) is 0 Å². The molecular formula is C24H40N2O2S2Si. The number of aliphatic hydroxyl groups excluding tert-OH is 1. The van der Waals surface area contributed by atoms with Gasteiger partial charge in [0.2, 0.25) is 8.32 Å². The molecule has 0 fully saturated rings. The predicted molar refractivity (Wildman–Crippen MR) is 139 cm³/mol. The van der Waals surface area contributed by atoms with Gasteiger partial charge >= 0.3 is 0 Å². The standard InChI is InChI=1S/C24H40N2O2S2Si/c1-15(2)23-26-21(14-30-23)24-25-20(13-29-24)10-11-22(19(9)12-27)28-31(16(3)4,17(5)6)18(7)8/h10-11,13-19,22,27H,12H2,1-9H3/b11-10+/t19-,22-/m0/s1. The van der Waals surface area contributed by atoms with Crippen LogP contribution in [0.25, 0.3) is 16.8 Å². The minimum atomic E-state index is -2.05. The quantitative estimate of drug-likeness (QED) is 0.337. The molecule has 0 amide bonds. The number of aliphatic hydroxyl groups is 1. The number of hydrogen-bond acceptors (Lipinski definition) is 6. The fourth-order valence-electron chi connectivity index (χ4n) is 4.42. The third kappa shape index (κ3) is 6.14. The molecule has 0 radical (unpaired) electrons. The highest BCUT2D eigenvalue weighted by Crippen LogP contribution is 2.44. The van der Waals surface area contributed by atoms with E-state index in [4.69, 9.17) is 14.4 Å². The van der Waals surface area contributed by atoms with Crippen LogP contribution in [0.4, 0.5) is 0 Å². The lowest BCUT2D eigenvalue weighted by Crippen LogP contribution is -2.51. The highest BCUT2D eigenvalue weighted by Gasteiger charge is 2.46. The summed E-state index contributed by atoms with van der Waals surface area (Å²) in [6.07, 6.45) is 4.03. The summed E-state index contributed by atoms with van der Waals surface area (Å²) < 4.78 is 6.98. The number of thiazole rings is 2. The van der Waals surface area contributed by atoms with E-state index in [2.05, 4.69) is 79.1 Å². The van der Waals surface area contributed by atoms with E-state index in [9.17, 15) is 5.11 Å². The summed E-state index contributed by atoms with van der Waals surface area (Å²) in [6.45, 7) is 20.3. The van der Waals surface area contributed by atoms with Crippen LogP contribution in [0.15, 0.2) is 16.8 Å². The second kappa shape index (κ2) is 11.3. The summed E-state index contributed by atoms with van der Waals surface area (Å²) in [5.41, 5.74) is 3.38. The predicted octanol–water partition coefficient (Wildman–Crippen LogP) is 7.59. The zero-order chi connectivity index (χ0) is 23.3. The van der Waals surface area contributed by atoms with Gasteiger partial charge in [-0.1, -0.05) is 68.4 Å². The first-order valence-electron chi connectivity index (χ1n) is 11.4. The van der Waals surface area contributed by atoms with Crippen molar-refractivity contribution in [1.29, 1.82) is 0 Å². The molecule has 31 heavy (non-hydrogen) atoms. The largest absolute Gasteiger partial charge is 0.409 e. The maximum Gasteiger partial charge on any atom is 0.201 e. The molecular weight excluding hydrogens is 440 g/mol. The van der Waals surface area contributed by atoms with Crippen LogP contribution in [-0.2, 0) is 4.43 Å². The minimum absolute atomic E-state index is 0.0321. The van der Waals surface area contributed by atoms with E-state index in [1.807, 2.05) is 6.08 Å². The Bertz CT molecular complexity index is 820. The molecule has 0 saturated heterocycles. The van der Waals surface area contributed by atoms with Gasteiger partial charge < -0.3 is 9.53 Å². The molecule has 0 spiro atoms. The third-order valence-corrected chi connectivity index (χ3v) is 14.2. The molecule has 2 heterocycles. The third-order valence-electron chi connectivity index (χ3n) is 6.11. The molecule has 0 bridgehead atoms. The number of aromatic nitrogens is 2. The van der Waals surface area contributed by atoms with Gasteiger partial charge in [-0.15, -0.1) is 22.7 Å². The number of rotatable bonds is 11. The molecule has 0 aliphatic heterocycles. The van der Waals surface area contributed by atoms with Crippen molar-refractivity contribution in [2.75, 3.05) is 6.61 Å². The van der Waals surface area contributed by atoms with Crippen LogP contribution in [-0.4, -0.2) is 36.1 Å². The zero-order valence-electron chi connectivity index (χ0n) is 20.5. The maximum atomic E-state index is 9.90. The number of nitrogens with zero attached hydrogens (tertiary/aromatic N) is 2. The molecule has 0 aliphatic rings. The summed E-state index contributed by atoms with van der Waals surface area (Å²) in [5, 5.41) is 16.1. The van der Waals surface area contributed by atoms with Crippen molar-refractivity contribution in [2.24, 2.45) is 5.92 Å². The molecule has 0 unspecified atom stereocenters. The first kappa shape index (κ1) is 26.4. The molecule has 2 aromatic rings. The SMILES string of the molecule is CC(C)c1nc(-c2nc(/C=C/[C@H](O[Si](C(C)C)(C(C)C)C(C)C)[C@@H](C)CO)cs2)cs1. The van der Waals surface area contributed by atoms with E-state index >= 15 is 0 Å². The first-order valence-corrected chi connectivity index (χ1v) is 15.3. The lowest BCUT2D eigenvalue weighted by Gasteiger charge is -2.45. The Morgan fingerprint density at radius 3 is 2.03 bits per heavy atom. The molecule has 0 aromatic carbocycles. The van der Waals surface area contributed by atoms with Crippen molar-refractivity contribution in [2.45, 2.75) is 91.0 Å². The van der Waals surface area contributed by atoms with Crippen molar-refractivity contribution in [1.82, 2.24) is 9.97 Å². The minimum Gasteiger partial charge on any atom is -0.409 e. The Morgan fingerprint density at radius 2 is 1.55 bits per heavy atom. The molecule has 7 heteroatoms. The van der Waals surface area contributed by atoms with E-state index in [0.29, 0.717) is 22.5 Å². The van der Waals surface area contributed by atoms with Gasteiger partial charge in [-0.05, 0) is 22.7 Å². The first-order chi connectivity index (χ1) is 14.5. The van der Waals surface area contributed by atoms with Gasteiger partial charge in [0.05, 0.1) is 16.8 Å². The normalized spacial score (nSPS) is 15.2. The Hall–Kier alpha value is -0.863. The van der Waals surface area contributed by atoms with Crippen molar-refractivity contribution >= 4 is 37.1 Å². The Labute approximate surface area is 197 Å². The van der Waals surface area contributed by atoms with Crippen LogP contribution in [0.1, 0.15) is 78.9 Å². The van der Waals surface area contributed by atoms with Crippen LogP contribution < -0.4 is 0 Å². The van der Waals surface area contributed by atoms with Gasteiger partial charge in [-0.2, -0.15) is 0 Å². The summed E-state index contributed by atoms with van der Waals surface area (Å²) in [5.74, 6) is 0.466. The highest BCUT2D eigenvalue weighted by molar-refractivity contribution is 7.14. The molecule has 174 valence electrons. The van der Waals surface area contributed by atoms with Crippen molar-refractivity contribution < 1.29 is 9.53 Å². The monoisotopic (exact) mass is 480 g/mol. The molecule has 0 saturated carbocycles. The second-order valence-corrected chi connectivity index (χ2v) is 16.9. The van der Waals surface area contributed by atoms with Crippen LogP contribution in [0.3, 0.4) is 0 Å². The lowest BCUT2D eigenvalue weighted by atomic mass is 10.1. The highest BCUT2D eigenvalue weighted by atomic mass is 32.1. The van der Waals surface area contributed by atoms with Gasteiger partial charge in [0.25, 0.3) is 0 Å². The fourth-order valence-corrected chi connectivity index (χ4v) is 11.7. The molecule has 1 N–H and O–H groups in total. The van der Waals surface area contributed by atoms with Gasteiger partial charge in [-0.3, -0.25) is 0 Å². The van der Waals surface area contributed by atoms with Crippen molar-refractivity contribution in [3.05, 3.63) is 27.5 Å². The van der Waals surface area contributed by atoms with E-state index in [0.717, 1.165) is 21.4 Å². The summed E-state index contributed by atoms with van der Waals surface area (Å²) in [4.78, 5) is 9.51. The van der Waals surface area contributed by atoms with Crippen LogP contribution in [0.5, 0.6) is 0 Å². The summed E-state index contributed by atoms with van der Waals surface area (Å²) in [6, 6.07) is 0. The molecule has 2 aromatic heterocycles. The van der Waals surface area contributed by atoms with Crippen molar-refractivity contribution in [3.63, 3.8) is 0 Å². The van der Waals surface area contributed by atoms with Crippen LogP contribution >= 0.6 is 22.7 Å². The average Bonchev–Trinajstić information content (AvgIpc) is 3.36. The van der Waals surface area contributed by atoms with Gasteiger partial charge in [0, 0.05) is 29.2 Å². The van der Waals surface area contributed by atoms with Gasteiger partial charge in [-0.25, -0.2) is 9.97 Å². The average molecular weight is 481 g/mol. The Morgan fingerprint density at radius 1 is 0.935 bits per heavy atom.